The van der Waals surface area contributed by atoms with Gasteiger partial charge in [-0.05, 0) is 29.7 Å². The lowest BCUT2D eigenvalue weighted by Gasteiger charge is -2.06. The molecule has 0 saturated heterocycles. The Hall–Kier alpha value is -2.28. The molecule has 0 unspecified atom stereocenters. The minimum absolute atomic E-state index is 0.0691. The molecule has 0 bridgehead atoms. The molecule has 0 amide bonds. The quantitative estimate of drug-likeness (QED) is 0.806. The Morgan fingerprint density at radius 3 is 2.94 bits per heavy atom. The average Bonchev–Trinajstić information content (AvgIpc) is 2.37. The van der Waals surface area contributed by atoms with Crippen LogP contribution < -0.4 is 10.3 Å². The van der Waals surface area contributed by atoms with Gasteiger partial charge in [-0.25, -0.2) is 0 Å². The summed E-state index contributed by atoms with van der Waals surface area (Å²) in [6.07, 6.45) is 2.04. The normalized spacial score (nSPS) is 10.1. The van der Waals surface area contributed by atoms with E-state index in [4.69, 9.17) is 10.00 Å². The molecule has 0 atom stereocenters. The maximum Gasteiger partial charge on any atom is 0.258 e. The first-order valence-corrected chi connectivity index (χ1v) is 5.30. The van der Waals surface area contributed by atoms with Crippen molar-refractivity contribution in [3.05, 3.63) is 40.8 Å². The number of pyridine rings is 1. The Labute approximate surface area is 98.7 Å². The van der Waals surface area contributed by atoms with Crippen LogP contribution in [-0.4, -0.2) is 11.7 Å². The fourth-order valence-electron chi connectivity index (χ4n) is 1.74. The third kappa shape index (κ3) is 2.13. The van der Waals surface area contributed by atoms with E-state index in [1.165, 1.54) is 0 Å². The first-order valence-electron chi connectivity index (χ1n) is 5.30. The van der Waals surface area contributed by atoms with Crippen LogP contribution in [0.3, 0.4) is 0 Å². The van der Waals surface area contributed by atoms with E-state index in [1.54, 1.807) is 30.0 Å². The summed E-state index contributed by atoms with van der Waals surface area (Å²) >= 11 is 0. The number of aryl methyl sites for hydroxylation is 1. The van der Waals surface area contributed by atoms with Crippen molar-refractivity contribution < 1.29 is 4.74 Å². The van der Waals surface area contributed by atoms with Gasteiger partial charge in [0.1, 0.15) is 5.75 Å². The number of hydrogen-bond acceptors (Lipinski definition) is 3. The molecule has 2 aromatic rings. The van der Waals surface area contributed by atoms with Crippen molar-refractivity contribution in [2.75, 3.05) is 7.11 Å². The van der Waals surface area contributed by atoms with E-state index >= 15 is 0 Å². The Morgan fingerprint density at radius 2 is 2.24 bits per heavy atom. The van der Waals surface area contributed by atoms with Crippen molar-refractivity contribution in [3.63, 3.8) is 0 Å². The number of nitrogens with zero attached hydrogens (tertiary/aromatic N) is 2. The minimum atomic E-state index is -0.0691. The van der Waals surface area contributed by atoms with Crippen LogP contribution in [0.2, 0.25) is 0 Å². The van der Waals surface area contributed by atoms with Gasteiger partial charge in [0.05, 0.1) is 19.6 Å². The first kappa shape index (κ1) is 11.2. The summed E-state index contributed by atoms with van der Waals surface area (Å²) in [5.74, 6) is 0.728. The van der Waals surface area contributed by atoms with Gasteiger partial charge in [0, 0.05) is 18.1 Å². The number of nitriles is 1. The van der Waals surface area contributed by atoms with E-state index in [0.29, 0.717) is 18.4 Å². The van der Waals surface area contributed by atoms with Gasteiger partial charge in [-0.15, -0.1) is 0 Å². The zero-order valence-electron chi connectivity index (χ0n) is 9.51. The molecule has 1 aromatic heterocycles. The molecule has 0 N–H and O–H groups in total. The Bertz CT molecular complexity index is 638. The molecule has 0 aliphatic carbocycles. The van der Waals surface area contributed by atoms with Crippen LogP contribution in [0.1, 0.15) is 6.42 Å². The van der Waals surface area contributed by atoms with Crippen LogP contribution >= 0.6 is 0 Å². The second-order valence-corrected chi connectivity index (χ2v) is 3.68. The highest BCUT2D eigenvalue weighted by atomic mass is 16.5. The van der Waals surface area contributed by atoms with Crippen LogP contribution in [0.15, 0.2) is 35.3 Å². The number of aromatic nitrogens is 1. The summed E-state index contributed by atoms with van der Waals surface area (Å²) in [5, 5.41) is 10.0. The second kappa shape index (κ2) is 4.71. The smallest absolute Gasteiger partial charge is 0.258 e. The number of fused-ring (bicyclic) bond motifs is 1. The molecular weight excluding hydrogens is 216 g/mol. The fourth-order valence-corrected chi connectivity index (χ4v) is 1.74. The van der Waals surface area contributed by atoms with Gasteiger partial charge in [0.2, 0.25) is 0 Å². The van der Waals surface area contributed by atoms with Crippen LogP contribution in [0.5, 0.6) is 5.75 Å². The largest absolute Gasteiger partial charge is 0.497 e. The predicted molar refractivity (Wildman–Crippen MR) is 65.0 cm³/mol. The molecule has 0 saturated carbocycles. The average molecular weight is 228 g/mol. The number of ether oxygens (including phenoxy) is 1. The predicted octanol–water partition coefficient (Wildman–Crippen LogP) is 1.92. The number of benzene rings is 1. The van der Waals surface area contributed by atoms with Crippen LogP contribution in [0.25, 0.3) is 10.8 Å². The zero-order chi connectivity index (χ0) is 12.3. The lowest BCUT2D eigenvalue weighted by molar-refractivity contribution is 0.415. The third-order valence-electron chi connectivity index (χ3n) is 2.65. The van der Waals surface area contributed by atoms with Gasteiger partial charge in [0.15, 0.2) is 0 Å². The number of rotatable bonds is 3. The molecule has 0 aliphatic rings. The zero-order valence-corrected chi connectivity index (χ0v) is 9.51. The van der Waals surface area contributed by atoms with E-state index in [-0.39, 0.29) is 5.56 Å². The lowest BCUT2D eigenvalue weighted by Crippen LogP contribution is -2.19. The first-order chi connectivity index (χ1) is 8.26. The van der Waals surface area contributed by atoms with Crippen molar-refractivity contribution in [1.82, 2.24) is 4.57 Å². The lowest BCUT2D eigenvalue weighted by atomic mass is 10.1. The van der Waals surface area contributed by atoms with Crippen molar-refractivity contribution in [3.8, 4) is 11.8 Å². The molecule has 86 valence electrons. The minimum Gasteiger partial charge on any atom is -0.497 e. The molecule has 17 heavy (non-hydrogen) atoms. The maximum atomic E-state index is 12.0. The summed E-state index contributed by atoms with van der Waals surface area (Å²) < 4.78 is 6.66. The molecule has 2 rings (SSSR count). The van der Waals surface area contributed by atoms with Crippen molar-refractivity contribution in [2.24, 2.45) is 0 Å². The fraction of sp³-hybridized carbons (Fsp3) is 0.231. The molecule has 4 nitrogen and oxygen atoms in total. The third-order valence-corrected chi connectivity index (χ3v) is 2.65. The molecular formula is C13H12N2O2. The highest BCUT2D eigenvalue weighted by Gasteiger charge is 2.03. The summed E-state index contributed by atoms with van der Waals surface area (Å²) in [5.41, 5.74) is -0.0691. The van der Waals surface area contributed by atoms with Crippen LogP contribution in [-0.2, 0) is 6.54 Å². The molecule has 4 heteroatoms. The van der Waals surface area contributed by atoms with E-state index in [9.17, 15) is 4.79 Å². The van der Waals surface area contributed by atoms with Gasteiger partial charge in [-0.3, -0.25) is 4.79 Å². The Kier molecular flexibility index (Phi) is 3.10. The molecule has 0 aliphatic heterocycles. The van der Waals surface area contributed by atoms with E-state index in [2.05, 4.69) is 0 Å². The highest BCUT2D eigenvalue weighted by Crippen LogP contribution is 2.17. The summed E-state index contributed by atoms with van der Waals surface area (Å²) in [7, 11) is 1.59. The molecule has 0 fully saturated rings. The van der Waals surface area contributed by atoms with Crippen molar-refractivity contribution in [2.45, 2.75) is 13.0 Å². The Morgan fingerprint density at radius 1 is 1.41 bits per heavy atom. The molecule has 0 radical (unpaired) electrons. The Balaban J connectivity index is 2.53. The summed E-state index contributed by atoms with van der Waals surface area (Å²) in [6.45, 7) is 0.428. The second-order valence-electron chi connectivity index (χ2n) is 3.68. The molecule has 1 aromatic carbocycles. The van der Waals surface area contributed by atoms with E-state index < -0.39 is 0 Å². The van der Waals surface area contributed by atoms with Gasteiger partial charge < -0.3 is 9.30 Å². The van der Waals surface area contributed by atoms with Gasteiger partial charge in [-0.2, -0.15) is 5.26 Å². The molecule has 1 heterocycles. The van der Waals surface area contributed by atoms with E-state index in [1.807, 2.05) is 18.2 Å². The summed E-state index contributed by atoms with van der Waals surface area (Å²) in [6, 6.07) is 9.22. The van der Waals surface area contributed by atoms with Gasteiger partial charge in [0.25, 0.3) is 5.56 Å². The summed E-state index contributed by atoms with van der Waals surface area (Å²) in [4.78, 5) is 12.0. The van der Waals surface area contributed by atoms with Gasteiger partial charge >= 0.3 is 0 Å². The molecule has 0 spiro atoms. The van der Waals surface area contributed by atoms with Crippen LogP contribution in [0.4, 0.5) is 0 Å². The van der Waals surface area contributed by atoms with Crippen LogP contribution in [0, 0.1) is 11.3 Å². The van der Waals surface area contributed by atoms with Crippen molar-refractivity contribution >= 4 is 10.8 Å². The number of hydrogen-bond donors (Lipinski definition) is 0. The topological polar surface area (TPSA) is 55.0 Å². The van der Waals surface area contributed by atoms with Gasteiger partial charge in [-0.1, -0.05) is 0 Å². The van der Waals surface area contributed by atoms with Crippen molar-refractivity contribution in [1.29, 1.82) is 5.26 Å². The highest BCUT2D eigenvalue weighted by molar-refractivity contribution is 5.82. The maximum absolute atomic E-state index is 12.0. The SMILES string of the molecule is COc1ccc2c(=O)n(CCC#N)ccc2c1. The number of methoxy groups -OCH3 is 1. The monoisotopic (exact) mass is 228 g/mol. The standard InChI is InChI=1S/C13H12N2O2/c1-17-11-3-4-12-10(9-11)5-8-15(13(12)16)7-2-6-14/h3-5,8-9H,2,7H2,1H3. The van der Waals surface area contributed by atoms with E-state index in [0.717, 1.165) is 11.1 Å².